The van der Waals surface area contributed by atoms with Crippen molar-refractivity contribution in [1.29, 1.82) is 0 Å². The number of anilines is 1. The maximum atomic E-state index is 13.0. The largest absolute Gasteiger partial charge is 0.358 e. The van der Waals surface area contributed by atoms with E-state index in [1.165, 1.54) is 12.3 Å². The molecule has 1 unspecified atom stereocenters. The fourth-order valence-corrected chi connectivity index (χ4v) is 2.00. The average molecular weight is 223 g/mol. The van der Waals surface area contributed by atoms with Crippen LogP contribution >= 0.6 is 0 Å². The Balaban J connectivity index is 2.27. The zero-order valence-electron chi connectivity index (χ0n) is 9.11. The fraction of sp³-hybridized carbons (Fsp3) is 0.455. The molecular formula is C11H14FN3O. The van der Waals surface area contributed by atoms with E-state index in [1.54, 1.807) is 6.07 Å². The van der Waals surface area contributed by atoms with E-state index < -0.39 is 5.95 Å². The van der Waals surface area contributed by atoms with E-state index in [4.69, 9.17) is 0 Å². The van der Waals surface area contributed by atoms with Gasteiger partial charge in [0.25, 0.3) is 0 Å². The number of aromatic nitrogens is 1. The SMILES string of the molecule is CCC1C(=O)NCCN1c1ccnc(F)c1. The summed E-state index contributed by atoms with van der Waals surface area (Å²) < 4.78 is 13.0. The summed E-state index contributed by atoms with van der Waals surface area (Å²) in [5.41, 5.74) is 0.717. The Morgan fingerprint density at radius 3 is 3.19 bits per heavy atom. The van der Waals surface area contributed by atoms with Gasteiger partial charge >= 0.3 is 0 Å². The molecule has 1 aromatic rings. The van der Waals surface area contributed by atoms with Crippen molar-refractivity contribution < 1.29 is 9.18 Å². The van der Waals surface area contributed by atoms with Crippen molar-refractivity contribution in [1.82, 2.24) is 10.3 Å². The number of carbonyl (C=O) groups is 1. The average Bonchev–Trinajstić information content (AvgIpc) is 2.28. The van der Waals surface area contributed by atoms with Crippen LogP contribution in [0.4, 0.5) is 10.1 Å². The van der Waals surface area contributed by atoms with Crippen LogP contribution in [0.25, 0.3) is 0 Å². The zero-order chi connectivity index (χ0) is 11.5. The van der Waals surface area contributed by atoms with Crippen molar-refractivity contribution in [2.75, 3.05) is 18.0 Å². The molecule has 0 bridgehead atoms. The molecule has 0 saturated carbocycles. The predicted molar refractivity (Wildman–Crippen MR) is 58.6 cm³/mol. The first-order valence-electron chi connectivity index (χ1n) is 5.38. The second-order valence-corrected chi connectivity index (χ2v) is 3.75. The molecule has 0 spiro atoms. The Kier molecular flexibility index (Phi) is 3.03. The van der Waals surface area contributed by atoms with Crippen molar-refractivity contribution in [3.05, 3.63) is 24.3 Å². The van der Waals surface area contributed by atoms with E-state index >= 15 is 0 Å². The van der Waals surface area contributed by atoms with E-state index in [1.807, 2.05) is 11.8 Å². The Bertz CT molecular complexity index is 397. The topological polar surface area (TPSA) is 45.2 Å². The molecule has 2 rings (SSSR count). The Hall–Kier alpha value is -1.65. The van der Waals surface area contributed by atoms with Gasteiger partial charge in [0.1, 0.15) is 6.04 Å². The standard InChI is InChI=1S/C11H14FN3O/c1-2-9-11(16)14-5-6-15(9)8-3-4-13-10(12)7-8/h3-4,7,9H,2,5-6H2,1H3,(H,14,16). The smallest absolute Gasteiger partial charge is 0.242 e. The first-order valence-corrected chi connectivity index (χ1v) is 5.38. The first kappa shape index (κ1) is 10.9. The number of amides is 1. The molecule has 2 heterocycles. The fourth-order valence-electron chi connectivity index (χ4n) is 2.00. The van der Waals surface area contributed by atoms with E-state index in [0.717, 1.165) is 0 Å². The number of pyridine rings is 1. The van der Waals surface area contributed by atoms with Crippen LogP contribution in [0, 0.1) is 5.95 Å². The van der Waals surface area contributed by atoms with Crippen LogP contribution in [0.2, 0.25) is 0 Å². The van der Waals surface area contributed by atoms with Crippen molar-refractivity contribution in [3.63, 3.8) is 0 Å². The van der Waals surface area contributed by atoms with Crippen LogP contribution in [0.3, 0.4) is 0 Å². The molecule has 1 fully saturated rings. The summed E-state index contributed by atoms with van der Waals surface area (Å²) in [6, 6.07) is 2.88. The third-order valence-electron chi connectivity index (χ3n) is 2.76. The van der Waals surface area contributed by atoms with Crippen molar-refractivity contribution in [2.45, 2.75) is 19.4 Å². The Labute approximate surface area is 93.5 Å². The molecule has 4 nitrogen and oxygen atoms in total. The number of nitrogens with zero attached hydrogens (tertiary/aromatic N) is 2. The Morgan fingerprint density at radius 1 is 1.69 bits per heavy atom. The van der Waals surface area contributed by atoms with Gasteiger partial charge in [-0.05, 0) is 12.5 Å². The monoisotopic (exact) mass is 223 g/mol. The molecule has 16 heavy (non-hydrogen) atoms. The molecule has 1 amide bonds. The lowest BCUT2D eigenvalue weighted by Gasteiger charge is -2.36. The number of nitrogens with one attached hydrogen (secondary N) is 1. The third kappa shape index (κ3) is 1.98. The molecule has 1 aliphatic heterocycles. The summed E-state index contributed by atoms with van der Waals surface area (Å²) >= 11 is 0. The number of hydrogen-bond acceptors (Lipinski definition) is 3. The molecule has 0 aliphatic carbocycles. The van der Waals surface area contributed by atoms with Gasteiger partial charge in [-0.1, -0.05) is 6.92 Å². The van der Waals surface area contributed by atoms with Crippen molar-refractivity contribution in [3.8, 4) is 0 Å². The summed E-state index contributed by atoms with van der Waals surface area (Å²) in [6.45, 7) is 3.24. The second kappa shape index (κ2) is 4.47. The van der Waals surface area contributed by atoms with Crippen molar-refractivity contribution >= 4 is 11.6 Å². The van der Waals surface area contributed by atoms with Crippen LogP contribution in [-0.2, 0) is 4.79 Å². The summed E-state index contributed by atoms with van der Waals surface area (Å²) in [5.74, 6) is -0.510. The minimum Gasteiger partial charge on any atom is -0.358 e. The molecule has 1 aromatic heterocycles. The molecule has 1 saturated heterocycles. The lowest BCUT2D eigenvalue weighted by Crippen LogP contribution is -2.55. The van der Waals surface area contributed by atoms with Gasteiger partial charge in [0.2, 0.25) is 11.9 Å². The number of rotatable bonds is 2. The number of halogens is 1. The predicted octanol–water partition coefficient (Wildman–Crippen LogP) is 0.935. The van der Waals surface area contributed by atoms with Gasteiger partial charge in [-0.15, -0.1) is 0 Å². The number of carbonyl (C=O) groups excluding carboxylic acids is 1. The van der Waals surface area contributed by atoms with Gasteiger partial charge in [-0.2, -0.15) is 4.39 Å². The molecule has 5 heteroatoms. The minimum absolute atomic E-state index is 0.00553. The lowest BCUT2D eigenvalue weighted by atomic mass is 10.1. The highest BCUT2D eigenvalue weighted by atomic mass is 19.1. The van der Waals surface area contributed by atoms with Crippen LogP contribution in [0.15, 0.2) is 18.3 Å². The molecule has 0 aromatic carbocycles. The normalized spacial score (nSPS) is 20.8. The third-order valence-corrected chi connectivity index (χ3v) is 2.76. The zero-order valence-corrected chi connectivity index (χ0v) is 9.11. The second-order valence-electron chi connectivity index (χ2n) is 3.75. The molecule has 0 radical (unpaired) electrons. The maximum Gasteiger partial charge on any atom is 0.242 e. The maximum absolute atomic E-state index is 13.0. The summed E-state index contributed by atoms with van der Waals surface area (Å²) in [7, 11) is 0. The summed E-state index contributed by atoms with van der Waals surface area (Å²) in [4.78, 5) is 17.1. The highest BCUT2D eigenvalue weighted by molar-refractivity contribution is 5.86. The van der Waals surface area contributed by atoms with Crippen LogP contribution in [0.1, 0.15) is 13.3 Å². The van der Waals surface area contributed by atoms with Gasteiger partial charge in [-0.3, -0.25) is 4.79 Å². The molecule has 1 aliphatic rings. The van der Waals surface area contributed by atoms with Gasteiger partial charge in [0.15, 0.2) is 0 Å². The highest BCUT2D eigenvalue weighted by Crippen LogP contribution is 2.20. The summed E-state index contributed by atoms with van der Waals surface area (Å²) in [6.07, 6.45) is 2.12. The van der Waals surface area contributed by atoms with Gasteiger partial charge < -0.3 is 10.2 Å². The molecule has 1 N–H and O–H groups in total. The molecule has 86 valence electrons. The van der Waals surface area contributed by atoms with Crippen LogP contribution in [-0.4, -0.2) is 30.0 Å². The van der Waals surface area contributed by atoms with E-state index in [-0.39, 0.29) is 11.9 Å². The van der Waals surface area contributed by atoms with Gasteiger partial charge in [0, 0.05) is 31.0 Å². The molecular weight excluding hydrogens is 209 g/mol. The van der Waals surface area contributed by atoms with E-state index in [0.29, 0.717) is 25.2 Å². The lowest BCUT2D eigenvalue weighted by molar-refractivity contribution is -0.123. The van der Waals surface area contributed by atoms with Gasteiger partial charge in [-0.25, -0.2) is 4.98 Å². The number of hydrogen-bond donors (Lipinski definition) is 1. The highest BCUT2D eigenvalue weighted by Gasteiger charge is 2.28. The van der Waals surface area contributed by atoms with Crippen LogP contribution in [0.5, 0.6) is 0 Å². The quantitative estimate of drug-likeness (QED) is 0.759. The van der Waals surface area contributed by atoms with Gasteiger partial charge in [0.05, 0.1) is 0 Å². The first-order chi connectivity index (χ1) is 7.72. The minimum atomic E-state index is -0.515. The number of piperazine rings is 1. The van der Waals surface area contributed by atoms with Crippen molar-refractivity contribution in [2.24, 2.45) is 0 Å². The van der Waals surface area contributed by atoms with E-state index in [2.05, 4.69) is 10.3 Å². The van der Waals surface area contributed by atoms with Crippen LogP contribution < -0.4 is 10.2 Å². The summed E-state index contributed by atoms with van der Waals surface area (Å²) in [5, 5.41) is 2.81. The Morgan fingerprint density at radius 2 is 2.50 bits per heavy atom. The molecule has 1 atom stereocenters. The van der Waals surface area contributed by atoms with E-state index in [9.17, 15) is 9.18 Å².